The van der Waals surface area contributed by atoms with Crippen LogP contribution in [0.1, 0.15) is 16.3 Å². The Labute approximate surface area is 177 Å². The quantitative estimate of drug-likeness (QED) is 0.549. The fourth-order valence-corrected chi connectivity index (χ4v) is 3.99. The van der Waals surface area contributed by atoms with Crippen molar-refractivity contribution in [2.45, 2.75) is 15.8 Å². The van der Waals surface area contributed by atoms with Crippen LogP contribution in [0, 0.1) is 0 Å². The number of likely N-dealkylation sites (N-methyl/N-ethyl adjacent to an activating group) is 1. The molecule has 3 aromatic rings. The first-order chi connectivity index (χ1) is 14.0. The van der Waals surface area contributed by atoms with Gasteiger partial charge in [0.1, 0.15) is 5.76 Å². The highest BCUT2D eigenvalue weighted by Crippen LogP contribution is 2.25. The molecule has 0 aliphatic rings. The van der Waals surface area contributed by atoms with Crippen molar-refractivity contribution in [2.75, 3.05) is 25.2 Å². The summed E-state index contributed by atoms with van der Waals surface area (Å²) >= 11 is 3.07. The minimum absolute atomic E-state index is 0.0698. The fourth-order valence-electron chi connectivity index (χ4n) is 2.61. The number of rotatable bonds is 8. The van der Waals surface area contributed by atoms with Crippen molar-refractivity contribution in [1.29, 1.82) is 0 Å². The lowest BCUT2D eigenvalue weighted by atomic mass is 10.3. The Bertz CT molecular complexity index is 999. The van der Waals surface area contributed by atoms with Crippen LogP contribution < -0.4 is 5.32 Å². The predicted molar refractivity (Wildman–Crippen MR) is 115 cm³/mol. The molecule has 0 spiro atoms. The van der Waals surface area contributed by atoms with Gasteiger partial charge in [0, 0.05) is 31.4 Å². The van der Waals surface area contributed by atoms with Crippen LogP contribution in [0.5, 0.6) is 0 Å². The molecule has 0 saturated heterocycles. The van der Waals surface area contributed by atoms with E-state index in [4.69, 9.17) is 4.42 Å². The SMILES string of the molecule is CSc1ccccc1NC(=O)CN(C)C(=O)c1ccc(CSc2nccn2C)o1. The molecule has 2 amide bonds. The molecule has 29 heavy (non-hydrogen) atoms. The molecular formula is C20H22N4O3S2. The van der Waals surface area contributed by atoms with Gasteiger partial charge in [0.25, 0.3) is 5.91 Å². The zero-order valence-electron chi connectivity index (χ0n) is 16.4. The number of para-hydroxylation sites is 1. The molecule has 1 N–H and O–H groups in total. The average Bonchev–Trinajstić information content (AvgIpc) is 3.35. The van der Waals surface area contributed by atoms with Gasteiger partial charge in [0.15, 0.2) is 10.9 Å². The van der Waals surface area contributed by atoms with Crippen molar-refractivity contribution in [3.05, 3.63) is 60.3 Å². The van der Waals surface area contributed by atoms with Gasteiger partial charge in [-0.25, -0.2) is 4.98 Å². The molecule has 7 nitrogen and oxygen atoms in total. The first-order valence-electron chi connectivity index (χ1n) is 8.85. The number of hydrogen-bond donors (Lipinski definition) is 1. The van der Waals surface area contributed by atoms with Gasteiger partial charge >= 0.3 is 0 Å². The number of nitrogens with zero attached hydrogens (tertiary/aromatic N) is 3. The molecule has 2 aromatic heterocycles. The van der Waals surface area contributed by atoms with Crippen LogP contribution in [0.4, 0.5) is 5.69 Å². The smallest absolute Gasteiger partial charge is 0.289 e. The van der Waals surface area contributed by atoms with Crippen molar-refractivity contribution in [3.63, 3.8) is 0 Å². The van der Waals surface area contributed by atoms with E-state index in [1.54, 1.807) is 37.1 Å². The van der Waals surface area contributed by atoms with E-state index >= 15 is 0 Å². The summed E-state index contributed by atoms with van der Waals surface area (Å²) < 4.78 is 7.57. The third kappa shape index (κ3) is 5.45. The molecule has 0 saturated carbocycles. The maximum Gasteiger partial charge on any atom is 0.289 e. The van der Waals surface area contributed by atoms with E-state index in [0.717, 1.165) is 15.7 Å². The minimum Gasteiger partial charge on any atom is -0.455 e. The van der Waals surface area contributed by atoms with Crippen LogP contribution in [0.2, 0.25) is 0 Å². The Morgan fingerprint density at radius 3 is 2.76 bits per heavy atom. The second kappa shape index (κ2) is 9.71. The standard InChI is InChI=1S/C20H22N4O3S2/c1-23-11-10-21-20(23)29-13-14-8-9-16(27-14)19(26)24(2)12-18(25)22-15-6-4-5-7-17(15)28-3/h4-11H,12-13H2,1-3H3,(H,22,25). The number of amides is 2. The van der Waals surface area contributed by atoms with Crippen LogP contribution in [0.15, 0.2) is 63.3 Å². The number of nitrogens with one attached hydrogen (secondary N) is 1. The molecule has 0 radical (unpaired) electrons. The second-order valence-corrected chi connectivity index (χ2v) is 8.08. The normalized spacial score (nSPS) is 10.7. The molecule has 2 heterocycles. The monoisotopic (exact) mass is 430 g/mol. The lowest BCUT2D eigenvalue weighted by Gasteiger charge is -2.16. The molecule has 0 bridgehead atoms. The third-order valence-electron chi connectivity index (χ3n) is 4.10. The molecular weight excluding hydrogens is 408 g/mol. The highest BCUT2D eigenvalue weighted by Gasteiger charge is 2.19. The van der Waals surface area contributed by atoms with Crippen LogP contribution >= 0.6 is 23.5 Å². The van der Waals surface area contributed by atoms with Crippen LogP contribution in [-0.2, 0) is 17.6 Å². The topological polar surface area (TPSA) is 80.4 Å². The third-order valence-corrected chi connectivity index (χ3v) is 5.98. The zero-order chi connectivity index (χ0) is 20.8. The van der Waals surface area contributed by atoms with Gasteiger partial charge in [-0.1, -0.05) is 23.9 Å². The van der Waals surface area contributed by atoms with Gasteiger partial charge in [0.05, 0.1) is 18.0 Å². The number of aryl methyl sites for hydroxylation is 1. The molecule has 0 aliphatic carbocycles. The summed E-state index contributed by atoms with van der Waals surface area (Å²) in [6.45, 7) is -0.0698. The van der Waals surface area contributed by atoms with Gasteiger partial charge in [-0.3, -0.25) is 9.59 Å². The van der Waals surface area contributed by atoms with Crippen molar-refractivity contribution in [2.24, 2.45) is 7.05 Å². The molecule has 0 atom stereocenters. The van der Waals surface area contributed by atoms with E-state index < -0.39 is 0 Å². The summed E-state index contributed by atoms with van der Waals surface area (Å²) in [5.74, 6) is 0.840. The van der Waals surface area contributed by atoms with Gasteiger partial charge in [0.2, 0.25) is 5.91 Å². The molecule has 9 heteroatoms. The summed E-state index contributed by atoms with van der Waals surface area (Å²) in [6, 6.07) is 10.9. The van der Waals surface area contributed by atoms with E-state index in [-0.39, 0.29) is 24.1 Å². The number of furan rings is 1. The van der Waals surface area contributed by atoms with Gasteiger partial charge < -0.3 is 19.2 Å². The maximum atomic E-state index is 12.6. The number of hydrogen-bond acceptors (Lipinski definition) is 6. The number of carbonyl (C=O) groups is 2. The first-order valence-corrected chi connectivity index (χ1v) is 11.1. The molecule has 3 rings (SSSR count). The number of aromatic nitrogens is 2. The Hall–Kier alpha value is -2.65. The van der Waals surface area contributed by atoms with E-state index in [2.05, 4.69) is 10.3 Å². The predicted octanol–water partition coefficient (Wildman–Crippen LogP) is 3.74. The second-order valence-electron chi connectivity index (χ2n) is 6.29. The molecule has 0 aliphatic heterocycles. The number of carbonyl (C=O) groups excluding carboxylic acids is 2. The van der Waals surface area contributed by atoms with Crippen LogP contribution in [0.3, 0.4) is 0 Å². The summed E-state index contributed by atoms with van der Waals surface area (Å²) in [7, 11) is 3.50. The summed E-state index contributed by atoms with van der Waals surface area (Å²) in [5, 5.41) is 3.72. The number of benzene rings is 1. The maximum absolute atomic E-state index is 12.6. The lowest BCUT2D eigenvalue weighted by Crippen LogP contribution is -2.34. The Morgan fingerprint density at radius 1 is 1.24 bits per heavy atom. The van der Waals surface area contributed by atoms with E-state index in [1.165, 1.54) is 16.7 Å². The van der Waals surface area contributed by atoms with Crippen LogP contribution in [-0.4, -0.2) is 46.1 Å². The van der Waals surface area contributed by atoms with E-state index in [0.29, 0.717) is 11.5 Å². The zero-order valence-corrected chi connectivity index (χ0v) is 18.0. The largest absolute Gasteiger partial charge is 0.455 e. The first kappa shape index (κ1) is 21.1. The summed E-state index contributed by atoms with van der Waals surface area (Å²) in [6.07, 6.45) is 5.55. The number of anilines is 1. The highest BCUT2D eigenvalue weighted by atomic mass is 32.2. The lowest BCUT2D eigenvalue weighted by molar-refractivity contribution is -0.116. The van der Waals surface area contributed by atoms with Crippen LogP contribution in [0.25, 0.3) is 0 Å². The highest BCUT2D eigenvalue weighted by molar-refractivity contribution is 7.98. The summed E-state index contributed by atoms with van der Waals surface area (Å²) in [5.41, 5.74) is 0.734. The Morgan fingerprint density at radius 2 is 2.03 bits per heavy atom. The van der Waals surface area contributed by atoms with Crippen molar-refractivity contribution >= 4 is 41.0 Å². The average molecular weight is 431 g/mol. The van der Waals surface area contributed by atoms with Crippen molar-refractivity contribution in [3.8, 4) is 0 Å². The number of thioether (sulfide) groups is 2. The number of imidazole rings is 1. The van der Waals surface area contributed by atoms with Crippen molar-refractivity contribution in [1.82, 2.24) is 14.5 Å². The van der Waals surface area contributed by atoms with Gasteiger partial charge in [-0.15, -0.1) is 11.8 Å². The molecule has 1 aromatic carbocycles. The summed E-state index contributed by atoms with van der Waals surface area (Å²) in [4.78, 5) is 31.5. The van der Waals surface area contributed by atoms with Gasteiger partial charge in [-0.2, -0.15) is 0 Å². The minimum atomic E-state index is -0.341. The van der Waals surface area contributed by atoms with Gasteiger partial charge in [-0.05, 0) is 30.5 Å². The fraction of sp³-hybridized carbons (Fsp3) is 0.250. The van der Waals surface area contributed by atoms with Crippen molar-refractivity contribution < 1.29 is 14.0 Å². The van der Waals surface area contributed by atoms with E-state index in [1.807, 2.05) is 48.3 Å². The van der Waals surface area contributed by atoms with E-state index in [9.17, 15) is 9.59 Å². The molecule has 152 valence electrons. The Balaban J connectivity index is 1.55. The molecule has 0 fully saturated rings. The molecule has 0 unspecified atom stereocenters. The Kier molecular flexibility index (Phi) is 7.05.